The summed E-state index contributed by atoms with van der Waals surface area (Å²) < 4.78 is 13.3. The molecule has 0 spiro atoms. The zero-order valence-corrected chi connectivity index (χ0v) is 23.2. The number of likely N-dealkylation sites (N-methyl/N-ethyl adjacent to an activating group) is 1. The normalized spacial score (nSPS) is 13.7. The summed E-state index contributed by atoms with van der Waals surface area (Å²) in [5.74, 6) is 2.52. The van der Waals surface area contributed by atoms with Gasteiger partial charge in [0.2, 0.25) is 0 Å². The van der Waals surface area contributed by atoms with Crippen LogP contribution in [0.5, 0.6) is 5.75 Å². The van der Waals surface area contributed by atoms with Gasteiger partial charge in [-0.05, 0) is 52.9 Å². The van der Waals surface area contributed by atoms with Crippen LogP contribution in [0.3, 0.4) is 0 Å². The summed E-state index contributed by atoms with van der Waals surface area (Å²) in [5.41, 5.74) is 7.33. The Balaban J connectivity index is 1.60. The fourth-order valence-corrected chi connectivity index (χ4v) is 5.08. The van der Waals surface area contributed by atoms with E-state index in [1.165, 1.54) is 5.56 Å². The standard InChI is InChI=1S/C27H32ClN7O3/c1-14-25(24-15(2)33-38-17(24)4)30-26(20-9-19(7-8-22(20)28)37-13-18(36)10-29-5)31-27(14)35-11-21-16(3)34(6)32-23(21)12-35/h7-9,18,29,36H,10-13H2,1-6H3/t18-/m1/s1. The highest BCUT2D eigenvalue weighted by Gasteiger charge is 2.30. The van der Waals surface area contributed by atoms with Crippen molar-refractivity contribution in [1.82, 2.24) is 30.2 Å². The Labute approximate surface area is 226 Å². The number of aryl methyl sites for hydroxylation is 3. The van der Waals surface area contributed by atoms with Crippen molar-refractivity contribution in [3.8, 4) is 28.4 Å². The number of benzene rings is 1. The number of halogens is 1. The Hall–Kier alpha value is -3.47. The van der Waals surface area contributed by atoms with Crippen molar-refractivity contribution < 1.29 is 14.4 Å². The second-order valence-electron chi connectivity index (χ2n) is 9.70. The van der Waals surface area contributed by atoms with Crippen molar-refractivity contribution in [3.05, 3.63) is 57.2 Å². The van der Waals surface area contributed by atoms with E-state index in [4.69, 9.17) is 35.9 Å². The summed E-state index contributed by atoms with van der Waals surface area (Å²) in [5, 5.41) is 22.3. The predicted octanol–water partition coefficient (Wildman–Crippen LogP) is 3.90. The largest absolute Gasteiger partial charge is 0.491 e. The van der Waals surface area contributed by atoms with Gasteiger partial charge in [0.15, 0.2) is 5.82 Å². The third-order valence-electron chi connectivity index (χ3n) is 6.98. The molecule has 0 radical (unpaired) electrons. The summed E-state index contributed by atoms with van der Waals surface area (Å²) in [6.45, 7) is 9.82. The maximum Gasteiger partial charge on any atom is 0.163 e. The second-order valence-corrected chi connectivity index (χ2v) is 10.1. The van der Waals surface area contributed by atoms with E-state index >= 15 is 0 Å². The van der Waals surface area contributed by atoms with Crippen LogP contribution in [0.2, 0.25) is 5.02 Å². The average Bonchev–Trinajstić information content (AvgIpc) is 3.53. The molecule has 11 heteroatoms. The van der Waals surface area contributed by atoms with Crippen molar-refractivity contribution in [3.63, 3.8) is 0 Å². The summed E-state index contributed by atoms with van der Waals surface area (Å²) in [6, 6.07) is 5.34. The molecule has 0 amide bonds. The Morgan fingerprint density at radius 1 is 1.18 bits per heavy atom. The smallest absolute Gasteiger partial charge is 0.163 e. The molecule has 1 aliphatic rings. The van der Waals surface area contributed by atoms with Gasteiger partial charge in [0.25, 0.3) is 0 Å². The van der Waals surface area contributed by atoms with E-state index in [-0.39, 0.29) is 6.61 Å². The minimum Gasteiger partial charge on any atom is -0.491 e. The van der Waals surface area contributed by atoms with Crippen LogP contribution in [0.15, 0.2) is 22.7 Å². The first-order chi connectivity index (χ1) is 18.2. The number of aliphatic hydroxyl groups excluding tert-OH is 1. The summed E-state index contributed by atoms with van der Waals surface area (Å²) in [6.07, 6.45) is -0.637. The Morgan fingerprint density at radius 2 is 1.97 bits per heavy atom. The molecule has 0 bridgehead atoms. The highest BCUT2D eigenvalue weighted by Crippen LogP contribution is 2.39. The fourth-order valence-electron chi connectivity index (χ4n) is 4.88. The van der Waals surface area contributed by atoms with Crippen LogP contribution in [0, 0.1) is 27.7 Å². The Bertz CT molecular complexity index is 1480. The van der Waals surface area contributed by atoms with Crippen LogP contribution in [0.1, 0.15) is 34.0 Å². The zero-order valence-electron chi connectivity index (χ0n) is 22.5. The number of fused-ring (bicyclic) bond motifs is 1. The molecule has 1 aromatic carbocycles. The highest BCUT2D eigenvalue weighted by molar-refractivity contribution is 6.33. The molecular formula is C27H32ClN7O3. The molecular weight excluding hydrogens is 506 g/mol. The number of aromatic nitrogens is 5. The number of nitrogens with zero attached hydrogens (tertiary/aromatic N) is 6. The van der Waals surface area contributed by atoms with Gasteiger partial charge in [-0.25, -0.2) is 9.97 Å². The molecule has 2 N–H and O–H groups in total. The average molecular weight is 538 g/mol. The molecule has 0 saturated heterocycles. The van der Waals surface area contributed by atoms with Gasteiger partial charge in [0.05, 0.1) is 34.2 Å². The van der Waals surface area contributed by atoms with Crippen LogP contribution >= 0.6 is 11.6 Å². The van der Waals surface area contributed by atoms with Crippen LogP contribution in [0.4, 0.5) is 5.82 Å². The molecule has 4 heterocycles. The molecule has 1 atom stereocenters. The van der Waals surface area contributed by atoms with Crippen molar-refractivity contribution in [2.45, 2.75) is 46.9 Å². The summed E-state index contributed by atoms with van der Waals surface area (Å²) in [4.78, 5) is 12.2. The number of rotatable bonds is 8. The van der Waals surface area contributed by atoms with Gasteiger partial charge < -0.3 is 24.6 Å². The number of nitrogens with one attached hydrogen (secondary N) is 1. The minimum atomic E-state index is -0.637. The molecule has 0 fully saturated rings. The van der Waals surface area contributed by atoms with Gasteiger partial charge in [-0.1, -0.05) is 16.8 Å². The Kier molecular flexibility index (Phi) is 7.13. The molecule has 38 heavy (non-hydrogen) atoms. The van der Waals surface area contributed by atoms with E-state index in [0.717, 1.165) is 39.7 Å². The zero-order chi connectivity index (χ0) is 27.1. The molecule has 3 aromatic heterocycles. The molecule has 5 rings (SSSR count). The molecule has 0 saturated carbocycles. The maximum atomic E-state index is 10.1. The monoisotopic (exact) mass is 537 g/mol. The predicted molar refractivity (Wildman–Crippen MR) is 145 cm³/mol. The van der Waals surface area contributed by atoms with Crippen LogP contribution < -0.4 is 15.0 Å². The molecule has 200 valence electrons. The van der Waals surface area contributed by atoms with E-state index in [1.54, 1.807) is 19.2 Å². The van der Waals surface area contributed by atoms with E-state index in [1.807, 2.05) is 38.6 Å². The third-order valence-corrected chi connectivity index (χ3v) is 7.31. The number of ether oxygens (including phenoxy) is 1. The lowest BCUT2D eigenvalue weighted by Gasteiger charge is -2.22. The molecule has 10 nitrogen and oxygen atoms in total. The van der Waals surface area contributed by atoms with E-state index < -0.39 is 6.10 Å². The van der Waals surface area contributed by atoms with Crippen molar-refractivity contribution in [2.24, 2.45) is 7.05 Å². The quantitative estimate of drug-likeness (QED) is 0.345. The molecule has 1 aliphatic heterocycles. The summed E-state index contributed by atoms with van der Waals surface area (Å²) >= 11 is 6.68. The number of anilines is 1. The first-order valence-electron chi connectivity index (χ1n) is 12.5. The lowest BCUT2D eigenvalue weighted by Crippen LogP contribution is -2.29. The third kappa shape index (κ3) is 4.75. The van der Waals surface area contributed by atoms with Gasteiger partial charge in [-0.15, -0.1) is 0 Å². The van der Waals surface area contributed by atoms with Gasteiger partial charge in [-0.3, -0.25) is 4.68 Å². The highest BCUT2D eigenvalue weighted by atomic mass is 35.5. The van der Waals surface area contributed by atoms with E-state index in [0.29, 0.717) is 47.6 Å². The maximum absolute atomic E-state index is 10.1. The number of hydrogen-bond acceptors (Lipinski definition) is 9. The minimum absolute atomic E-state index is 0.144. The van der Waals surface area contributed by atoms with Gasteiger partial charge in [0.1, 0.15) is 30.0 Å². The molecule has 0 aliphatic carbocycles. The first kappa shape index (κ1) is 26.1. The SMILES string of the molecule is CNC[C@@H](O)COc1ccc(Cl)c(-c2nc(-c3c(C)noc3C)c(C)c(N3Cc4nn(C)c(C)c4C3)n2)c1. The van der Waals surface area contributed by atoms with Gasteiger partial charge in [-0.2, -0.15) is 5.10 Å². The number of aliphatic hydroxyl groups is 1. The second kappa shape index (κ2) is 10.4. The van der Waals surface area contributed by atoms with Crippen molar-refractivity contribution in [2.75, 3.05) is 25.1 Å². The van der Waals surface area contributed by atoms with Crippen LogP contribution in [-0.4, -0.2) is 56.3 Å². The summed E-state index contributed by atoms with van der Waals surface area (Å²) in [7, 11) is 3.75. The van der Waals surface area contributed by atoms with Gasteiger partial charge in [0, 0.05) is 42.5 Å². The van der Waals surface area contributed by atoms with Crippen molar-refractivity contribution >= 4 is 17.4 Å². The number of hydrogen-bond donors (Lipinski definition) is 2. The molecule has 0 unspecified atom stereocenters. The lowest BCUT2D eigenvalue weighted by molar-refractivity contribution is 0.108. The first-order valence-corrected chi connectivity index (χ1v) is 12.9. The van der Waals surface area contributed by atoms with Crippen LogP contribution in [-0.2, 0) is 20.1 Å². The lowest BCUT2D eigenvalue weighted by atomic mass is 10.0. The van der Waals surface area contributed by atoms with Crippen molar-refractivity contribution in [1.29, 1.82) is 0 Å². The fraction of sp³-hybridized carbons (Fsp3) is 0.407. The van der Waals surface area contributed by atoms with E-state index in [2.05, 4.69) is 22.3 Å². The van der Waals surface area contributed by atoms with E-state index in [9.17, 15) is 5.11 Å². The molecule has 4 aromatic rings. The van der Waals surface area contributed by atoms with Crippen LogP contribution in [0.25, 0.3) is 22.6 Å². The Morgan fingerprint density at radius 3 is 2.66 bits per heavy atom. The van der Waals surface area contributed by atoms with Gasteiger partial charge >= 0.3 is 0 Å². The topological polar surface area (TPSA) is 114 Å².